The van der Waals surface area contributed by atoms with Gasteiger partial charge >= 0.3 is 0 Å². The molecule has 5 heteroatoms. The zero-order chi connectivity index (χ0) is 14.9. The van der Waals surface area contributed by atoms with Crippen molar-refractivity contribution in [3.8, 4) is 0 Å². The van der Waals surface area contributed by atoms with Crippen LogP contribution >= 0.6 is 0 Å². The van der Waals surface area contributed by atoms with E-state index in [0.29, 0.717) is 24.7 Å². The van der Waals surface area contributed by atoms with Gasteiger partial charge in [-0.2, -0.15) is 5.10 Å². The highest BCUT2D eigenvalue weighted by Crippen LogP contribution is 2.30. The first kappa shape index (κ1) is 14.2. The van der Waals surface area contributed by atoms with E-state index < -0.39 is 0 Å². The lowest BCUT2D eigenvalue weighted by molar-refractivity contribution is -0.128. The molecule has 0 radical (unpaired) electrons. The second kappa shape index (κ2) is 6.03. The van der Waals surface area contributed by atoms with Crippen LogP contribution in [0.4, 0.5) is 0 Å². The number of carbonyl (C=O) groups excluding carboxylic acids is 1. The van der Waals surface area contributed by atoms with Gasteiger partial charge in [0.1, 0.15) is 0 Å². The molecule has 1 aromatic rings. The first-order valence-electron chi connectivity index (χ1n) is 8.87. The van der Waals surface area contributed by atoms with Crippen molar-refractivity contribution in [1.29, 1.82) is 0 Å². The lowest BCUT2D eigenvalue weighted by atomic mass is 9.87. The van der Waals surface area contributed by atoms with Crippen LogP contribution in [0.25, 0.3) is 0 Å². The molecule has 2 unspecified atom stereocenters. The summed E-state index contributed by atoms with van der Waals surface area (Å²) < 4.78 is 2.16. The van der Waals surface area contributed by atoms with Crippen molar-refractivity contribution in [1.82, 2.24) is 20.0 Å². The lowest BCUT2D eigenvalue weighted by Crippen LogP contribution is -2.61. The van der Waals surface area contributed by atoms with E-state index >= 15 is 0 Å². The molecule has 1 N–H and O–H groups in total. The van der Waals surface area contributed by atoms with Crippen molar-refractivity contribution in [2.24, 2.45) is 0 Å². The number of hydrogen-bond acceptors (Lipinski definition) is 3. The third kappa shape index (κ3) is 2.78. The smallest absolute Gasteiger partial charge is 0.234 e. The SMILES string of the molecule is O=C1CN(Cc2ccn(C3CCCC3)n2)C2CCCCC2N1. The molecule has 3 fully saturated rings. The van der Waals surface area contributed by atoms with E-state index in [1.54, 1.807) is 0 Å². The van der Waals surface area contributed by atoms with Gasteiger partial charge in [-0.05, 0) is 31.7 Å². The van der Waals surface area contributed by atoms with Gasteiger partial charge in [-0.3, -0.25) is 14.4 Å². The van der Waals surface area contributed by atoms with E-state index in [1.165, 1.54) is 44.9 Å². The fraction of sp³-hybridized carbons (Fsp3) is 0.765. The Hall–Kier alpha value is -1.36. The van der Waals surface area contributed by atoms with Gasteiger partial charge < -0.3 is 5.32 Å². The number of amides is 1. The minimum Gasteiger partial charge on any atom is -0.351 e. The molecule has 1 amide bonds. The monoisotopic (exact) mass is 302 g/mol. The third-order valence-electron chi connectivity index (χ3n) is 5.62. The molecule has 0 spiro atoms. The van der Waals surface area contributed by atoms with Crippen molar-refractivity contribution in [2.75, 3.05) is 6.54 Å². The maximum Gasteiger partial charge on any atom is 0.234 e. The molecule has 2 heterocycles. The minimum absolute atomic E-state index is 0.179. The maximum absolute atomic E-state index is 12.0. The summed E-state index contributed by atoms with van der Waals surface area (Å²) in [4.78, 5) is 14.3. The summed E-state index contributed by atoms with van der Waals surface area (Å²) in [5.74, 6) is 0.179. The molecule has 5 nitrogen and oxygen atoms in total. The van der Waals surface area contributed by atoms with Gasteiger partial charge in [0.25, 0.3) is 0 Å². The fourth-order valence-electron chi connectivity index (χ4n) is 4.49. The molecule has 2 atom stereocenters. The molecule has 4 rings (SSSR count). The van der Waals surface area contributed by atoms with E-state index in [4.69, 9.17) is 5.10 Å². The van der Waals surface area contributed by atoms with E-state index in [-0.39, 0.29) is 5.91 Å². The van der Waals surface area contributed by atoms with Gasteiger partial charge in [0.05, 0.1) is 18.3 Å². The van der Waals surface area contributed by atoms with Crippen LogP contribution in [0, 0.1) is 0 Å². The Morgan fingerprint density at radius 1 is 1.14 bits per heavy atom. The molecule has 22 heavy (non-hydrogen) atoms. The van der Waals surface area contributed by atoms with E-state index in [1.807, 2.05) is 0 Å². The summed E-state index contributed by atoms with van der Waals surface area (Å²) in [6.45, 7) is 1.34. The van der Waals surface area contributed by atoms with Gasteiger partial charge in [0, 0.05) is 24.8 Å². The quantitative estimate of drug-likeness (QED) is 0.931. The van der Waals surface area contributed by atoms with Crippen molar-refractivity contribution in [2.45, 2.75) is 76.0 Å². The highest BCUT2D eigenvalue weighted by Gasteiger charge is 2.36. The molecule has 1 saturated heterocycles. The summed E-state index contributed by atoms with van der Waals surface area (Å²) in [5, 5.41) is 7.97. The van der Waals surface area contributed by atoms with Crippen LogP contribution in [0.3, 0.4) is 0 Å². The number of hydrogen-bond donors (Lipinski definition) is 1. The van der Waals surface area contributed by atoms with Crippen molar-refractivity contribution < 1.29 is 4.79 Å². The third-order valence-corrected chi connectivity index (χ3v) is 5.62. The summed E-state index contributed by atoms with van der Waals surface area (Å²) >= 11 is 0. The first-order chi connectivity index (χ1) is 10.8. The number of nitrogens with zero attached hydrogens (tertiary/aromatic N) is 3. The number of carbonyl (C=O) groups is 1. The van der Waals surface area contributed by atoms with Crippen molar-refractivity contribution in [3.05, 3.63) is 18.0 Å². The Bertz CT molecular complexity index is 535. The molecule has 2 aliphatic carbocycles. The van der Waals surface area contributed by atoms with Gasteiger partial charge in [-0.25, -0.2) is 0 Å². The van der Waals surface area contributed by atoms with E-state index in [0.717, 1.165) is 18.7 Å². The van der Waals surface area contributed by atoms with Gasteiger partial charge in [0.15, 0.2) is 0 Å². The summed E-state index contributed by atoms with van der Waals surface area (Å²) in [5.41, 5.74) is 1.12. The predicted molar refractivity (Wildman–Crippen MR) is 84.3 cm³/mol. The van der Waals surface area contributed by atoms with Crippen LogP contribution in [0.15, 0.2) is 12.3 Å². The Morgan fingerprint density at radius 2 is 1.91 bits per heavy atom. The molecule has 3 aliphatic rings. The molecular formula is C17H26N4O. The highest BCUT2D eigenvalue weighted by atomic mass is 16.2. The fourth-order valence-corrected chi connectivity index (χ4v) is 4.49. The van der Waals surface area contributed by atoms with Crippen LogP contribution < -0.4 is 5.32 Å². The Balaban J connectivity index is 1.45. The Labute approximate surface area is 132 Å². The minimum atomic E-state index is 0.179. The number of aromatic nitrogens is 2. The zero-order valence-corrected chi connectivity index (χ0v) is 13.2. The molecule has 1 aromatic heterocycles. The number of piperazine rings is 1. The summed E-state index contributed by atoms with van der Waals surface area (Å²) in [7, 11) is 0. The summed E-state index contributed by atoms with van der Waals surface area (Å²) in [6.07, 6.45) is 12.2. The standard InChI is InChI=1S/C17H26N4O/c22-17-12-20(16-8-4-3-7-15(16)18-17)11-13-9-10-21(19-13)14-5-1-2-6-14/h9-10,14-16H,1-8,11-12H2,(H,18,22). The average Bonchev–Trinajstić information content (AvgIpc) is 3.17. The Kier molecular flexibility index (Phi) is 3.90. The first-order valence-corrected chi connectivity index (χ1v) is 8.87. The maximum atomic E-state index is 12.0. The van der Waals surface area contributed by atoms with Gasteiger partial charge in [-0.15, -0.1) is 0 Å². The van der Waals surface area contributed by atoms with Crippen LogP contribution in [-0.2, 0) is 11.3 Å². The van der Waals surface area contributed by atoms with Gasteiger partial charge in [0.2, 0.25) is 5.91 Å². The predicted octanol–water partition coefficient (Wildman–Crippen LogP) is 2.24. The van der Waals surface area contributed by atoms with Crippen LogP contribution in [-0.4, -0.2) is 39.2 Å². The van der Waals surface area contributed by atoms with Crippen molar-refractivity contribution in [3.63, 3.8) is 0 Å². The van der Waals surface area contributed by atoms with Crippen LogP contribution in [0.5, 0.6) is 0 Å². The van der Waals surface area contributed by atoms with E-state index in [2.05, 4.69) is 27.2 Å². The molecule has 0 bridgehead atoms. The largest absolute Gasteiger partial charge is 0.351 e. The second-order valence-corrected chi connectivity index (χ2v) is 7.16. The number of rotatable bonds is 3. The lowest BCUT2D eigenvalue weighted by Gasteiger charge is -2.43. The average molecular weight is 302 g/mol. The van der Waals surface area contributed by atoms with Crippen molar-refractivity contribution >= 4 is 5.91 Å². The molecule has 0 aromatic carbocycles. The second-order valence-electron chi connectivity index (χ2n) is 7.16. The normalized spacial score (nSPS) is 30.3. The van der Waals surface area contributed by atoms with Crippen LogP contribution in [0.1, 0.15) is 63.1 Å². The Morgan fingerprint density at radius 3 is 2.77 bits per heavy atom. The molecule has 120 valence electrons. The molecule has 1 aliphatic heterocycles. The zero-order valence-electron chi connectivity index (χ0n) is 13.2. The molecular weight excluding hydrogens is 276 g/mol. The topological polar surface area (TPSA) is 50.2 Å². The van der Waals surface area contributed by atoms with Crippen LogP contribution in [0.2, 0.25) is 0 Å². The number of fused-ring (bicyclic) bond motifs is 1. The van der Waals surface area contributed by atoms with Gasteiger partial charge in [-0.1, -0.05) is 25.7 Å². The molecule has 2 saturated carbocycles. The summed E-state index contributed by atoms with van der Waals surface area (Å²) in [6, 6.07) is 3.60. The number of nitrogens with one attached hydrogen (secondary N) is 1. The van der Waals surface area contributed by atoms with E-state index in [9.17, 15) is 4.79 Å². The highest BCUT2D eigenvalue weighted by molar-refractivity contribution is 5.79.